The molecule has 4 heteroatoms. The average Bonchev–Trinajstić information content (AvgIpc) is 2.37. The molecule has 0 bridgehead atoms. The second-order valence-corrected chi connectivity index (χ2v) is 8.12. The van der Waals surface area contributed by atoms with Crippen LogP contribution in [0.1, 0.15) is 26.3 Å². The zero-order valence-corrected chi connectivity index (χ0v) is 14.4. The van der Waals surface area contributed by atoms with Crippen LogP contribution in [0.3, 0.4) is 0 Å². The maximum absolute atomic E-state index is 3.60. The van der Waals surface area contributed by atoms with Gasteiger partial charge in [0.1, 0.15) is 0 Å². The summed E-state index contributed by atoms with van der Waals surface area (Å²) in [6.45, 7) is 9.87. The lowest BCUT2D eigenvalue weighted by Gasteiger charge is -2.31. The summed E-state index contributed by atoms with van der Waals surface area (Å²) in [6.07, 6.45) is 0. The summed E-state index contributed by atoms with van der Waals surface area (Å²) >= 11 is 5.65. The highest BCUT2D eigenvalue weighted by molar-refractivity contribution is 9.10. The third kappa shape index (κ3) is 4.69. The van der Waals surface area contributed by atoms with Crippen molar-refractivity contribution < 1.29 is 0 Å². The molecule has 19 heavy (non-hydrogen) atoms. The molecular formula is C15H23BrN2S. The van der Waals surface area contributed by atoms with Crippen molar-refractivity contribution in [3.8, 4) is 0 Å². The molecule has 1 aliphatic heterocycles. The molecule has 1 N–H and O–H groups in total. The number of thioether (sulfide) groups is 1. The SMILES string of the molecule is CC(C)(C)NCc1ccc(Br)cc1N1CCSCC1. The van der Waals surface area contributed by atoms with Gasteiger partial charge in [-0.05, 0) is 38.5 Å². The second-order valence-electron chi connectivity index (χ2n) is 5.98. The van der Waals surface area contributed by atoms with Gasteiger partial charge in [0.05, 0.1) is 0 Å². The summed E-state index contributed by atoms with van der Waals surface area (Å²) in [5.41, 5.74) is 2.93. The van der Waals surface area contributed by atoms with Crippen LogP contribution in [0.5, 0.6) is 0 Å². The van der Waals surface area contributed by atoms with Crippen molar-refractivity contribution in [2.45, 2.75) is 32.9 Å². The van der Waals surface area contributed by atoms with Gasteiger partial charge in [-0.25, -0.2) is 0 Å². The molecule has 0 aromatic heterocycles. The fourth-order valence-electron chi connectivity index (χ4n) is 2.15. The molecule has 0 aliphatic carbocycles. The number of halogens is 1. The van der Waals surface area contributed by atoms with Crippen molar-refractivity contribution in [3.63, 3.8) is 0 Å². The minimum absolute atomic E-state index is 0.155. The van der Waals surface area contributed by atoms with Crippen molar-refractivity contribution in [1.82, 2.24) is 5.32 Å². The Labute approximate surface area is 129 Å². The Morgan fingerprint density at radius 1 is 1.26 bits per heavy atom. The van der Waals surface area contributed by atoms with Gasteiger partial charge in [0.25, 0.3) is 0 Å². The van der Waals surface area contributed by atoms with Crippen molar-refractivity contribution >= 4 is 33.4 Å². The van der Waals surface area contributed by atoms with Gasteiger partial charge in [0.2, 0.25) is 0 Å². The highest BCUT2D eigenvalue weighted by atomic mass is 79.9. The molecule has 0 unspecified atom stereocenters. The second kappa shape index (κ2) is 6.51. The monoisotopic (exact) mass is 342 g/mol. The van der Waals surface area contributed by atoms with Gasteiger partial charge in [-0.3, -0.25) is 0 Å². The Bertz CT molecular complexity index is 423. The summed E-state index contributed by atoms with van der Waals surface area (Å²) < 4.78 is 1.17. The normalized spacial score (nSPS) is 16.7. The Balaban J connectivity index is 2.17. The van der Waals surface area contributed by atoms with Gasteiger partial charge in [-0.2, -0.15) is 11.8 Å². The predicted octanol–water partition coefficient (Wildman–Crippen LogP) is 3.89. The third-order valence-electron chi connectivity index (χ3n) is 3.21. The van der Waals surface area contributed by atoms with Crippen molar-refractivity contribution in [3.05, 3.63) is 28.2 Å². The lowest BCUT2D eigenvalue weighted by Crippen LogP contribution is -2.37. The zero-order valence-electron chi connectivity index (χ0n) is 12.0. The van der Waals surface area contributed by atoms with Crippen LogP contribution in [-0.4, -0.2) is 30.1 Å². The van der Waals surface area contributed by atoms with Gasteiger partial charge < -0.3 is 10.2 Å². The fraction of sp³-hybridized carbons (Fsp3) is 0.600. The number of hydrogen-bond donors (Lipinski definition) is 1. The summed E-state index contributed by atoms with van der Waals surface area (Å²) in [5, 5.41) is 3.59. The number of rotatable bonds is 3. The van der Waals surface area contributed by atoms with Crippen molar-refractivity contribution in [2.24, 2.45) is 0 Å². The Morgan fingerprint density at radius 3 is 2.58 bits per heavy atom. The lowest BCUT2D eigenvalue weighted by atomic mass is 10.1. The quantitative estimate of drug-likeness (QED) is 0.896. The van der Waals surface area contributed by atoms with Gasteiger partial charge in [-0.15, -0.1) is 0 Å². The zero-order chi connectivity index (χ0) is 13.9. The van der Waals surface area contributed by atoms with Crippen LogP contribution in [0, 0.1) is 0 Å². The third-order valence-corrected chi connectivity index (χ3v) is 4.64. The molecule has 1 fully saturated rings. The van der Waals surface area contributed by atoms with E-state index in [1.54, 1.807) is 0 Å². The molecule has 1 aliphatic rings. The predicted molar refractivity (Wildman–Crippen MR) is 90.3 cm³/mol. The van der Waals surface area contributed by atoms with Crippen LogP contribution in [0.2, 0.25) is 0 Å². The molecule has 0 atom stereocenters. The summed E-state index contributed by atoms with van der Waals surface area (Å²) in [6, 6.07) is 6.64. The molecule has 2 nitrogen and oxygen atoms in total. The van der Waals surface area contributed by atoms with E-state index < -0.39 is 0 Å². The number of anilines is 1. The minimum atomic E-state index is 0.155. The number of nitrogens with zero attached hydrogens (tertiary/aromatic N) is 1. The van der Waals surface area contributed by atoms with Gasteiger partial charge in [-0.1, -0.05) is 22.0 Å². The van der Waals surface area contributed by atoms with Crippen molar-refractivity contribution in [2.75, 3.05) is 29.5 Å². The lowest BCUT2D eigenvalue weighted by molar-refractivity contribution is 0.424. The smallest absolute Gasteiger partial charge is 0.0423 e. The minimum Gasteiger partial charge on any atom is -0.370 e. The molecule has 1 heterocycles. The standard InChI is InChI=1S/C15H23BrN2S/c1-15(2,3)17-11-12-4-5-13(16)10-14(12)18-6-8-19-9-7-18/h4-5,10,17H,6-9,11H2,1-3H3. The molecule has 1 saturated heterocycles. The van der Waals surface area contributed by atoms with Gasteiger partial charge in [0.15, 0.2) is 0 Å². The van der Waals surface area contributed by atoms with E-state index in [1.807, 2.05) is 0 Å². The van der Waals surface area contributed by atoms with E-state index >= 15 is 0 Å². The van der Waals surface area contributed by atoms with E-state index in [4.69, 9.17) is 0 Å². The highest BCUT2D eigenvalue weighted by Crippen LogP contribution is 2.27. The summed E-state index contributed by atoms with van der Waals surface area (Å²) in [7, 11) is 0. The molecule has 1 aromatic carbocycles. The van der Waals surface area contributed by atoms with Gasteiger partial charge >= 0.3 is 0 Å². The number of hydrogen-bond acceptors (Lipinski definition) is 3. The Kier molecular flexibility index (Phi) is 5.21. The van der Waals surface area contributed by atoms with E-state index in [1.165, 1.54) is 27.2 Å². The molecule has 0 spiro atoms. The first kappa shape index (κ1) is 15.2. The molecule has 0 radical (unpaired) electrons. The largest absolute Gasteiger partial charge is 0.370 e. The van der Waals surface area contributed by atoms with E-state index in [2.05, 4.69) is 76.9 Å². The molecule has 0 saturated carbocycles. The Hall–Kier alpha value is -0.190. The molecular weight excluding hydrogens is 320 g/mol. The first-order valence-corrected chi connectivity index (χ1v) is 8.77. The van der Waals surface area contributed by atoms with Gasteiger partial charge in [0, 0.05) is 46.8 Å². The van der Waals surface area contributed by atoms with E-state index in [0.717, 1.165) is 19.6 Å². The maximum Gasteiger partial charge on any atom is 0.0423 e. The van der Waals surface area contributed by atoms with Crippen molar-refractivity contribution in [1.29, 1.82) is 0 Å². The van der Waals surface area contributed by atoms with Crippen LogP contribution in [0.25, 0.3) is 0 Å². The first-order chi connectivity index (χ1) is 8.96. The molecule has 2 rings (SSSR count). The summed E-state index contributed by atoms with van der Waals surface area (Å²) in [4.78, 5) is 2.51. The Morgan fingerprint density at radius 2 is 1.95 bits per heavy atom. The van der Waals surface area contributed by atoms with Crippen LogP contribution < -0.4 is 10.2 Å². The van der Waals surface area contributed by atoms with Crippen LogP contribution in [0.4, 0.5) is 5.69 Å². The first-order valence-electron chi connectivity index (χ1n) is 6.82. The molecule has 1 aromatic rings. The average molecular weight is 343 g/mol. The molecule has 106 valence electrons. The number of benzene rings is 1. The van der Waals surface area contributed by atoms with E-state index in [0.29, 0.717) is 0 Å². The van der Waals surface area contributed by atoms with E-state index in [-0.39, 0.29) is 5.54 Å². The maximum atomic E-state index is 3.60. The summed E-state index contributed by atoms with van der Waals surface area (Å²) in [5.74, 6) is 2.47. The van der Waals surface area contributed by atoms with Crippen LogP contribution in [0.15, 0.2) is 22.7 Å². The fourth-order valence-corrected chi connectivity index (χ4v) is 3.40. The highest BCUT2D eigenvalue weighted by Gasteiger charge is 2.16. The number of nitrogens with one attached hydrogen (secondary N) is 1. The topological polar surface area (TPSA) is 15.3 Å². The van der Waals surface area contributed by atoms with Crippen LogP contribution >= 0.6 is 27.7 Å². The molecule has 0 amide bonds. The van der Waals surface area contributed by atoms with E-state index in [9.17, 15) is 0 Å². The van der Waals surface area contributed by atoms with Crippen LogP contribution in [-0.2, 0) is 6.54 Å².